The topological polar surface area (TPSA) is 67.2 Å². The Kier molecular flexibility index (Phi) is 6.40. The highest BCUT2D eigenvalue weighted by molar-refractivity contribution is 5.97. The first-order chi connectivity index (χ1) is 11.5. The lowest BCUT2D eigenvalue weighted by molar-refractivity contribution is 0.0737. The molecule has 0 spiro atoms. The quantitative estimate of drug-likeness (QED) is 0.833. The molecule has 0 aromatic carbocycles. The van der Waals surface area contributed by atoms with E-state index >= 15 is 0 Å². The first kappa shape index (κ1) is 18.5. The summed E-state index contributed by atoms with van der Waals surface area (Å²) in [5, 5.41) is 2.90. The van der Waals surface area contributed by atoms with Gasteiger partial charge in [-0.25, -0.2) is 4.98 Å². The van der Waals surface area contributed by atoms with Gasteiger partial charge in [-0.15, -0.1) is 0 Å². The molecular weight excluding hydrogens is 304 g/mol. The Labute approximate surface area is 144 Å². The molecule has 0 radical (unpaired) electrons. The largest absolute Gasteiger partial charge is 0.348 e. The molecule has 6 nitrogen and oxygen atoms in total. The standard InChI is InChI=1S/C18H30N4O2/c1-5-10-21(11-6-2)18(24)16-20-15(17(23)19-13(3)4)14-9-7-8-12-22(14)16/h13H,5-12H2,1-4H3,(H,19,23). The van der Waals surface area contributed by atoms with Crippen molar-refractivity contribution >= 4 is 11.8 Å². The van der Waals surface area contributed by atoms with Gasteiger partial charge >= 0.3 is 0 Å². The van der Waals surface area contributed by atoms with Crippen molar-refractivity contribution in [2.75, 3.05) is 13.1 Å². The van der Waals surface area contributed by atoms with Crippen LogP contribution >= 0.6 is 0 Å². The molecule has 6 heteroatoms. The third-order valence-electron chi connectivity index (χ3n) is 4.22. The van der Waals surface area contributed by atoms with Crippen LogP contribution in [0.1, 0.15) is 80.2 Å². The summed E-state index contributed by atoms with van der Waals surface area (Å²) in [6.45, 7) is 10.2. The summed E-state index contributed by atoms with van der Waals surface area (Å²) in [6, 6.07) is 0.0503. The summed E-state index contributed by atoms with van der Waals surface area (Å²) < 4.78 is 1.97. The zero-order valence-corrected chi connectivity index (χ0v) is 15.4. The first-order valence-corrected chi connectivity index (χ1v) is 9.19. The second kappa shape index (κ2) is 8.31. The number of fused-ring (bicyclic) bond motifs is 1. The van der Waals surface area contributed by atoms with Gasteiger partial charge in [0.15, 0.2) is 5.82 Å². The maximum Gasteiger partial charge on any atom is 0.289 e. The van der Waals surface area contributed by atoms with Gasteiger partial charge in [-0.3, -0.25) is 9.59 Å². The lowest BCUT2D eigenvalue weighted by atomic mass is 10.1. The van der Waals surface area contributed by atoms with Crippen molar-refractivity contribution < 1.29 is 9.59 Å². The molecule has 2 amide bonds. The van der Waals surface area contributed by atoms with E-state index in [1.807, 2.05) is 23.3 Å². The van der Waals surface area contributed by atoms with E-state index in [0.29, 0.717) is 11.5 Å². The number of amides is 2. The van der Waals surface area contributed by atoms with E-state index in [4.69, 9.17) is 0 Å². The summed E-state index contributed by atoms with van der Waals surface area (Å²) in [6.07, 6.45) is 4.70. The highest BCUT2D eigenvalue weighted by Crippen LogP contribution is 2.22. The van der Waals surface area contributed by atoms with E-state index in [1.54, 1.807) is 0 Å². The van der Waals surface area contributed by atoms with Crippen LogP contribution in [-0.4, -0.2) is 45.4 Å². The Morgan fingerprint density at radius 2 is 1.88 bits per heavy atom. The van der Waals surface area contributed by atoms with Gasteiger partial charge < -0.3 is 14.8 Å². The van der Waals surface area contributed by atoms with Gasteiger partial charge in [0.1, 0.15) is 5.69 Å². The van der Waals surface area contributed by atoms with Crippen molar-refractivity contribution in [1.29, 1.82) is 0 Å². The lowest BCUT2D eigenvalue weighted by Gasteiger charge is -2.23. The van der Waals surface area contributed by atoms with Crippen LogP contribution in [0.2, 0.25) is 0 Å². The van der Waals surface area contributed by atoms with Crippen molar-refractivity contribution in [3.05, 3.63) is 17.2 Å². The van der Waals surface area contributed by atoms with E-state index < -0.39 is 0 Å². The molecule has 0 aliphatic carbocycles. The van der Waals surface area contributed by atoms with Gasteiger partial charge in [0.25, 0.3) is 11.8 Å². The lowest BCUT2D eigenvalue weighted by Crippen LogP contribution is -2.35. The van der Waals surface area contributed by atoms with Crippen LogP contribution in [0.5, 0.6) is 0 Å². The Morgan fingerprint density at radius 1 is 1.21 bits per heavy atom. The summed E-state index contributed by atoms with van der Waals surface area (Å²) in [5.74, 6) is 0.207. The number of carbonyl (C=O) groups is 2. The SMILES string of the molecule is CCCN(CCC)C(=O)c1nc(C(=O)NC(C)C)c2n1CCCC2. The van der Waals surface area contributed by atoms with Crippen LogP contribution in [0, 0.1) is 0 Å². The highest BCUT2D eigenvalue weighted by Gasteiger charge is 2.29. The predicted octanol–water partition coefficient (Wildman–Crippen LogP) is 2.62. The van der Waals surface area contributed by atoms with Crippen LogP contribution in [0.15, 0.2) is 0 Å². The van der Waals surface area contributed by atoms with Crippen molar-refractivity contribution in [3.63, 3.8) is 0 Å². The number of hydrogen-bond donors (Lipinski definition) is 1. The monoisotopic (exact) mass is 334 g/mol. The molecule has 1 aliphatic rings. The zero-order valence-electron chi connectivity index (χ0n) is 15.4. The molecule has 1 aromatic heterocycles. The van der Waals surface area contributed by atoms with Crippen molar-refractivity contribution in [2.45, 2.75) is 72.4 Å². The molecule has 0 atom stereocenters. The molecule has 0 bridgehead atoms. The van der Waals surface area contributed by atoms with Crippen molar-refractivity contribution in [1.82, 2.24) is 19.8 Å². The van der Waals surface area contributed by atoms with E-state index in [-0.39, 0.29) is 17.9 Å². The van der Waals surface area contributed by atoms with Crippen LogP contribution in [-0.2, 0) is 13.0 Å². The fourth-order valence-corrected chi connectivity index (χ4v) is 3.21. The summed E-state index contributed by atoms with van der Waals surface area (Å²) in [7, 11) is 0. The maximum absolute atomic E-state index is 13.0. The molecule has 0 saturated heterocycles. The van der Waals surface area contributed by atoms with Crippen LogP contribution in [0.25, 0.3) is 0 Å². The molecule has 2 rings (SSSR count). The van der Waals surface area contributed by atoms with Crippen molar-refractivity contribution in [3.8, 4) is 0 Å². The van der Waals surface area contributed by atoms with Gasteiger partial charge in [0, 0.05) is 25.7 Å². The Morgan fingerprint density at radius 3 is 2.46 bits per heavy atom. The smallest absolute Gasteiger partial charge is 0.289 e. The fourth-order valence-electron chi connectivity index (χ4n) is 3.21. The second-order valence-corrected chi connectivity index (χ2v) is 6.76. The van der Waals surface area contributed by atoms with Gasteiger partial charge in [-0.1, -0.05) is 13.8 Å². The highest BCUT2D eigenvalue weighted by atomic mass is 16.2. The number of nitrogens with zero attached hydrogens (tertiary/aromatic N) is 3. The number of rotatable bonds is 7. The van der Waals surface area contributed by atoms with E-state index in [9.17, 15) is 9.59 Å². The average molecular weight is 334 g/mol. The van der Waals surface area contributed by atoms with E-state index in [0.717, 1.165) is 57.4 Å². The molecule has 0 saturated carbocycles. The Hall–Kier alpha value is -1.85. The normalized spacial score (nSPS) is 13.7. The van der Waals surface area contributed by atoms with E-state index in [2.05, 4.69) is 24.1 Å². The van der Waals surface area contributed by atoms with Gasteiger partial charge in [-0.2, -0.15) is 0 Å². The minimum atomic E-state index is -0.174. The number of aromatic nitrogens is 2. The number of nitrogens with one attached hydrogen (secondary N) is 1. The Balaban J connectivity index is 2.37. The molecule has 24 heavy (non-hydrogen) atoms. The fraction of sp³-hybridized carbons (Fsp3) is 0.722. The average Bonchev–Trinajstić information content (AvgIpc) is 2.93. The maximum atomic E-state index is 13.0. The molecule has 1 aliphatic heterocycles. The van der Waals surface area contributed by atoms with E-state index in [1.165, 1.54) is 0 Å². The van der Waals surface area contributed by atoms with Crippen molar-refractivity contribution in [2.24, 2.45) is 0 Å². The molecular formula is C18H30N4O2. The van der Waals surface area contributed by atoms with Gasteiger partial charge in [-0.05, 0) is 46.0 Å². The van der Waals surface area contributed by atoms with Crippen LogP contribution < -0.4 is 5.32 Å². The summed E-state index contributed by atoms with van der Waals surface area (Å²) in [5.41, 5.74) is 1.34. The minimum Gasteiger partial charge on any atom is -0.348 e. The molecule has 134 valence electrons. The van der Waals surface area contributed by atoms with Gasteiger partial charge in [0.2, 0.25) is 0 Å². The third-order valence-corrected chi connectivity index (χ3v) is 4.22. The molecule has 1 N–H and O–H groups in total. The molecule has 0 fully saturated rings. The zero-order chi connectivity index (χ0) is 17.7. The number of hydrogen-bond acceptors (Lipinski definition) is 3. The number of carbonyl (C=O) groups excluding carboxylic acids is 2. The molecule has 0 unspecified atom stereocenters. The van der Waals surface area contributed by atoms with Gasteiger partial charge in [0.05, 0.1) is 5.69 Å². The molecule has 2 heterocycles. The molecule has 1 aromatic rings. The first-order valence-electron chi connectivity index (χ1n) is 9.19. The third kappa shape index (κ3) is 3.97. The summed E-state index contributed by atoms with van der Waals surface area (Å²) in [4.78, 5) is 31.8. The Bertz CT molecular complexity index is 586. The second-order valence-electron chi connectivity index (χ2n) is 6.76. The van der Waals surface area contributed by atoms with Crippen LogP contribution in [0.3, 0.4) is 0 Å². The van der Waals surface area contributed by atoms with Crippen LogP contribution in [0.4, 0.5) is 0 Å². The number of imidazole rings is 1. The predicted molar refractivity (Wildman–Crippen MR) is 94.3 cm³/mol. The minimum absolute atomic E-state index is 0.0503. The summed E-state index contributed by atoms with van der Waals surface area (Å²) >= 11 is 0.